The van der Waals surface area contributed by atoms with Crippen LogP contribution < -0.4 is 5.32 Å². The van der Waals surface area contributed by atoms with Crippen molar-refractivity contribution in [3.05, 3.63) is 53.7 Å². The second-order valence-corrected chi connectivity index (χ2v) is 8.18. The van der Waals surface area contributed by atoms with E-state index in [9.17, 15) is 15.0 Å². The Morgan fingerprint density at radius 1 is 1.23 bits per heavy atom. The number of fused-ring (bicyclic) bond motifs is 1. The van der Waals surface area contributed by atoms with Crippen LogP contribution in [-0.2, 0) is 4.79 Å². The maximum absolute atomic E-state index is 12.4. The Morgan fingerprint density at radius 2 is 1.94 bits per heavy atom. The fourth-order valence-corrected chi connectivity index (χ4v) is 4.59. The number of aromatic nitrogens is 4. The molecule has 1 saturated carbocycles. The molecular formula is C23H25N5O3. The smallest absolute Gasteiger partial charge is 0.226 e. The zero-order chi connectivity index (χ0) is 22.3. The largest absolute Gasteiger partial charge is 0.388 e. The van der Waals surface area contributed by atoms with E-state index in [-0.39, 0.29) is 11.8 Å². The summed E-state index contributed by atoms with van der Waals surface area (Å²) in [7, 11) is 1.52. The van der Waals surface area contributed by atoms with Crippen molar-refractivity contribution in [3.8, 4) is 11.8 Å². The number of nitrogens with one attached hydrogen (secondary N) is 1. The van der Waals surface area contributed by atoms with Gasteiger partial charge >= 0.3 is 0 Å². The highest BCUT2D eigenvalue weighted by Gasteiger charge is 2.58. The molecule has 0 spiro atoms. The van der Waals surface area contributed by atoms with E-state index in [0.717, 1.165) is 5.56 Å². The van der Waals surface area contributed by atoms with Gasteiger partial charge in [-0.05, 0) is 37.8 Å². The molecule has 1 aliphatic carbocycles. The lowest BCUT2D eigenvalue weighted by Crippen LogP contribution is -2.47. The third kappa shape index (κ3) is 3.46. The van der Waals surface area contributed by atoms with Gasteiger partial charge in [0, 0.05) is 12.6 Å². The van der Waals surface area contributed by atoms with Gasteiger partial charge < -0.3 is 20.1 Å². The van der Waals surface area contributed by atoms with Crippen LogP contribution in [0.4, 0.5) is 0 Å². The van der Waals surface area contributed by atoms with Crippen molar-refractivity contribution in [2.75, 3.05) is 7.05 Å². The molecule has 0 saturated heterocycles. The van der Waals surface area contributed by atoms with Crippen LogP contribution in [0.1, 0.15) is 37.0 Å². The number of rotatable bonds is 2. The number of hydrogen-bond donors (Lipinski definition) is 3. The minimum absolute atomic E-state index is 0.316. The minimum Gasteiger partial charge on any atom is -0.388 e. The number of carbonyl (C=O) groups is 1. The zero-order valence-corrected chi connectivity index (χ0v) is 17.9. The summed E-state index contributed by atoms with van der Waals surface area (Å²) in [6.07, 6.45) is 0.393. The maximum Gasteiger partial charge on any atom is 0.226 e. The monoisotopic (exact) mass is 419 g/mol. The molecular weight excluding hydrogens is 394 g/mol. The Morgan fingerprint density at radius 3 is 2.61 bits per heavy atom. The number of hydrogen-bond acceptors (Lipinski definition) is 6. The van der Waals surface area contributed by atoms with E-state index in [0.29, 0.717) is 22.7 Å². The summed E-state index contributed by atoms with van der Waals surface area (Å²) in [5.74, 6) is 4.91. The van der Waals surface area contributed by atoms with Crippen LogP contribution in [0.25, 0.3) is 11.2 Å². The quantitative estimate of drug-likeness (QED) is 0.538. The second-order valence-electron chi connectivity index (χ2n) is 8.18. The SMILES string of the molecule is CNC(=O)[C@H]1[C@H](C)[C@@H](n2cnc3c(C)nc(C#Cc4ccccc4)nc32)[C@H](O)[C@@]1(C)O. The number of carbonyl (C=O) groups excluding carboxylic acids is 1. The molecule has 1 fully saturated rings. The number of aliphatic hydroxyl groups is 2. The third-order valence-corrected chi connectivity index (χ3v) is 6.15. The minimum atomic E-state index is -1.60. The maximum atomic E-state index is 12.4. The van der Waals surface area contributed by atoms with Crippen molar-refractivity contribution in [1.82, 2.24) is 24.8 Å². The Hall–Kier alpha value is -3.28. The van der Waals surface area contributed by atoms with E-state index in [1.165, 1.54) is 14.0 Å². The molecule has 8 nitrogen and oxygen atoms in total. The van der Waals surface area contributed by atoms with Crippen LogP contribution in [-0.4, -0.2) is 54.4 Å². The van der Waals surface area contributed by atoms with Gasteiger partial charge in [0.05, 0.1) is 24.0 Å². The molecule has 160 valence electrons. The summed E-state index contributed by atoms with van der Waals surface area (Å²) >= 11 is 0. The normalized spacial score (nSPS) is 27.7. The molecule has 2 aromatic heterocycles. The van der Waals surface area contributed by atoms with Gasteiger partial charge in [-0.1, -0.05) is 31.0 Å². The number of nitrogens with zero attached hydrogens (tertiary/aromatic N) is 4. The van der Waals surface area contributed by atoms with E-state index < -0.39 is 23.7 Å². The Labute approximate surface area is 180 Å². The molecule has 0 aliphatic heterocycles. The molecule has 3 N–H and O–H groups in total. The van der Waals surface area contributed by atoms with Crippen molar-refractivity contribution in [3.63, 3.8) is 0 Å². The van der Waals surface area contributed by atoms with Gasteiger partial charge in [0.1, 0.15) is 17.2 Å². The summed E-state index contributed by atoms with van der Waals surface area (Å²) < 4.78 is 1.73. The summed E-state index contributed by atoms with van der Waals surface area (Å²) in [5.41, 5.74) is 1.01. The van der Waals surface area contributed by atoms with Gasteiger partial charge in [0.15, 0.2) is 5.65 Å². The van der Waals surface area contributed by atoms with Crippen molar-refractivity contribution in [1.29, 1.82) is 0 Å². The zero-order valence-electron chi connectivity index (χ0n) is 17.9. The standard InChI is InChI=1S/C23H25N5O3/c1-13-17(22(30)24-4)23(3,31)20(29)19(13)28-12-25-18-14(2)26-16(27-21(18)28)11-10-15-8-6-5-7-9-15/h5-9,12-13,17,19-20,29,31H,1-4H3,(H,24,30)/t13-,17+,19+,20-,23-/m0/s1. The lowest BCUT2D eigenvalue weighted by molar-refractivity contribution is -0.137. The van der Waals surface area contributed by atoms with E-state index in [1.54, 1.807) is 10.9 Å². The lowest BCUT2D eigenvalue weighted by atomic mass is 9.86. The van der Waals surface area contributed by atoms with Gasteiger partial charge in [-0.3, -0.25) is 4.79 Å². The predicted octanol–water partition coefficient (Wildman–Crippen LogP) is 1.20. The predicted molar refractivity (Wildman–Crippen MR) is 115 cm³/mol. The molecule has 8 heteroatoms. The van der Waals surface area contributed by atoms with Crippen LogP contribution in [0.2, 0.25) is 0 Å². The molecule has 1 aromatic carbocycles. The highest BCUT2D eigenvalue weighted by molar-refractivity contribution is 5.81. The summed E-state index contributed by atoms with van der Waals surface area (Å²) in [4.78, 5) is 25.9. The van der Waals surface area contributed by atoms with E-state index in [4.69, 9.17) is 0 Å². The Kier molecular flexibility index (Phi) is 5.25. The first-order valence-corrected chi connectivity index (χ1v) is 10.2. The molecule has 31 heavy (non-hydrogen) atoms. The van der Waals surface area contributed by atoms with Gasteiger partial charge in [-0.2, -0.15) is 0 Å². The van der Waals surface area contributed by atoms with Crippen LogP contribution >= 0.6 is 0 Å². The fourth-order valence-electron chi connectivity index (χ4n) is 4.59. The summed E-state index contributed by atoms with van der Waals surface area (Å²) in [6, 6.07) is 8.95. The third-order valence-electron chi connectivity index (χ3n) is 6.15. The number of imidazole rings is 1. The summed E-state index contributed by atoms with van der Waals surface area (Å²) in [6.45, 7) is 5.16. The van der Waals surface area contributed by atoms with Gasteiger partial charge in [0.2, 0.25) is 11.7 Å². The van der Waals surface area contributed by atoms with Gasteiger partial charge in [-0.25, -0.2) is 15.0 Å². The number of benzene rings is 1. The second kappa shape index (κ2) is 7.76. The molecule has 0 radical (unpaired) electrons. The van der Waals surface area contributed by atoms with Crippen molar-refractivity contribution < 1.29 is 15.0 Å². The first-order valence-electron chi connectivity index (χ1n) is 10.2. The van der Waals surface area contributed by atoms with Crippen LogP contribution in [0.3, 0.4) is 0 Å². The molecule has 1 amide bonds. The molecule has 0 bridgehead atoms. The van der Waals surface area contributed by atoms with Crippen molar-refractivity contribution in [2.24, 2.45) is 11.8 Å². The van der Waals surface area contributed by atoms with Gasteiger partial charge in [0.25, 0.3) is 0 Å². The first kappa shape index (κ1) is 21.0. The topological polar surface area (TPSA) is 113 Å². The molecule has 2 heterocycles. The fraction of sp³-hybridized carbons (Fsp3) is 0.391. The Balaban J connectivity index is 1.79. The number of aryl methyl sites for hydroxylation is 1. The first-order chi connectivity index (χ1) is 14.8. The van der Waals surface area contributed by atoms with Crippen molar-refractivity contribution >= 4 is 17.1 Å². The highest BCUT2D eigenvalue weighted by Crippen LogP contribution is 2.47. The Bertz CT molecular complexity index is 1190. The van der Waals surface area contributed by atoms with Gasteiger partial charge in [-0.15, -0.1) is 0 Å². The van der Waals surface area contributed by atoms with Crippen molar-refractivity contribution in [2.45, 2.75) is 38.5 Å². The van der Waals surface area contributed by atoms with Crippen LogP contribution in [0.15, 0.2) is 36.7 Å². The molecule has 0 unspecified atom stereocenters. The van der Waals surface area contributed by atoms with E-state index in [1.807, 2.05) is 44.2 Å². The molecule has 3 aromatic rings. The highest BCUT2D eigenvalue weighted by atomic mass is 16.3. The number of amides is 1. The average Bonchev–Trinajstić information content (AvgIpc) is 3.23. The average molecular weight is 419 g/mol. The summed E-state index contributed by atoms with van der Waals surface area (Å²) in [5, 5.41) is 24.5. The number of aliphatic hydroxyl groups excluding tert-OH is 1. The lowest BCUT2D eigenvalue weighted by Gasteiger charge is -2.28. The molecule has 5 atom stereocenters. The van der Waals surface area contributed by atoms with E-state index in [2.05, 4.69) is 32.1 Å². The molecule has 4 rings (SSSR count). The molecule has 1 aliphatic rings. The van der Waals surface area contributed by atoms with Crippen LogP contribution in [0.5, 0.6) is 0 Å². The van der Waals surface area contributed by atoms with E-state index >= 15 is 0 Å². The van der Waals surface area contributed by atoms with Crippen LogP contribution in [0, 0.1) is 30.6 Å².